The number of methoxy groups -OCH3 is 1. The molecular formula is C21H25NO3. The smallest absolute Gasteiger partial charge is 0.257 e. The number of benzene rings is 2. The predicted octanol–water partition coefficient (Wildman–Crippen LogP) is 4.03. The number of rotatable bonds is 8. The Morgan fingerprint density at radius 3 is 2.60 bits per heavy atom. The minimum Gasteiger partial charge on any atom is -0.493 e. The van der Waals surface area contributed by atoms with Gasteiger partial charge in [0.05, 0.1) is 7.11 Å². The Kier molecular flexibility index (Phi) is 7.08. The maximum atomic E-state index is 12.0. The van der Waals surface area contributed by atoms with E-state index in [0.717, 1.165) is 5.56 Å². The third-order valence-electron chi connectivity index (χ3n) is 3.88. The van der Waals surface area contributed by atoms with Crippen LogP contribution in [0, 0.1) is 0 Å². The quantitative estimate of drug-likeness (QED) is 0.790. The lowest BCUT2D eigenvalue weighted by Gasteiger charge is -2.14. The molecule has 0 radical (unpaired) electrons. The molecule has 0 aromatic heterocycles. The van der Waals surface area contributed by atoms with Crippen LogP contribution in [0.1, 0.15) is 30.9 Å². The standard InChI is InChI=1S/C21H25NO3/c1-4-8-17-11-12-19(20(13-17)24-3)25-15-21(23)22-14-16(2)18-9-6-5-7-10-18/h4-13,16H,14-15H2,1-3H3,(H,22,23)/b8-4+/t16-/m0/s1. The predicted molar refractivity (Wildman–Crippen MR) is 101 cm³/mol. The van der Waals surface area contributed by atoms with Gasteiger partial charge in [0.2, 0.25) is 0 Å². The summed E-state index contributed by atoms with van der Waals surface area (Å²) in [7, 11) is 1.59. The average molecular weight is 339 g/mol. The van der Waals surface area contributed by atoms with Gasteiger partial charge >= 0.3 is 0 Å². The fourth-order valence-corrected chi connectivity index (χ4v) is 2.46. The fourth-order valence-electron chi connectivity index (χ4n) is 2.46. The first-order chi connectivity index (χ1) is 12.1. The molecule has 0 saturated carbocycles. The molecule has 2 rings (SSSR count). The zero-order chi connectivity index (χ0) is 18.1. The fraction of sp³-hybridized carbons (Fsp3) is 0.286. The Morgan fingerprint density at radius 2 is 1.92 bits per heavy atom. The van der Waals surface area contributed by atoms with E-state index in [-0.39, 0.29) is 18.4 Å². The van der Waals surface area contributed by atoms with E-state index in [1.54, 1.807) is 7.11 Å². The molecule has 0 aliphatic rings. The Balaban J connectivity index is 1.85. The molecule has 0 fully saturated rings. The van der Waals surface area contributed by atoms with Crippen molar-refractivity contribution in [3.05, 3.63) is 65.7 Å². The summed E-state index contributed by atoms with van der Waals surface area (Å²) < 4.78 is 10.9. The maximum Gasteiger partial charge on any atom is 0.257 e. The van der Waals surface area contributed by atoms with Crippen molar-refractivity contribution in [1.82, 2.24) is 5.32 Å². The van der Waals surface area contributed by atoms with Crippen LogP contribution in [-0.4, -0.2) is 26.2 Å². The van der Waals surface area contributed by atoms with Crippen LogP contribution in [0.5, 0.6) is 11.5 Å². The van der Waals surface area contributed by atoms with Crippen molar-refractivity contribution in [2.45, 2.75) is 19.8 Å². The van der Waals surface area contributed by atoms with E-state index in [0.29, 0.717) is 18.0 Å². The summed E-state index contributed by atoms with van der Waals surface area (Å²) in [5.74, 6) is 1.27. The highest BCUT2D eigenvalue weighted by atomic mass is 16.5. The van der Waals surface area contributed by atoms with Gasteiger partial charge in [-0.1, -0.05) is 55.5 Å². The molecule has 25 heavy (non-hydrogen) atoms. The summed E-state index contributed by atoms with van der Waals surface area (Å²) in [6.07, 6.45) is 3.93. The Morgan fingerprint density at radius 1 is 1.16 bits per heavy atom. The summed E-state index contributed by atoms with van der Waals surface area (Å²) in [6, 6.07) is 15.7. The SMILES string of the molecule is C/C=C/c1ccc(OCC(=O)NC[C@H](C)c2ccccc2)c(OC)c1. The number of carbonyl (C=O) groups is 1. The van der Waals surface area contributed by atoms with Gasteiger partial charge in [0.15, 0.2) is 18.1 Å². The van der Waals surface area contributed by atoms with Crippen molar-refractivity contribution in [3.63, 3.8) is 0 Å². The summed E-state index contributed by atoms with van der Waals surface area (Å²) >= 11 is 0. The van der Waals surface area contributed by atoms with E-state index >= 15 is 0 Å². The summed E-state index contributed by atoms with van der Waals surface area (Å²) in [5.41, 5.74) is 2.22. The van der Waals surface area contributed by atoms with Crippen molar-refractivity contribution >= 4 is 12.0 Å². The largest absolute Gasteiger partial charge is 0.493 e. The highest BCUT2D eigenvalue weighted by Gasteiger charge is 2.10. The van der Waals surface area contributed by atoms with E-state index in [1.807, 2.05) is 55.5 Å². The van der Waals surface area contributed by atoms with Crippen molar-refractivity contribution < 1.29 is 14.3 Å². The molecule has 0 saturated heterocycles. The van der Waals surface area contributed by atoms with Gasteiger partial charge in [0.1, 0.15) is 0 Å². The van der Waals surface area contributed by atoms with E-state index in [4.69, 9.17) is 9.47 Å². The summed E-state index contributed by atoms with van der Waals surface area (Å²) in [5, 5.41) is 2.90. The van der Waals surface area contributed by atoms with Crippen LogP contribution in [0.25, 0.3) is 6.08 Å². The van der Waals surface area contributed by atoms with Crippen LogP contribution in [-0.2, 0) is 4.79 Å². The zero-order valence-electron chi connectivity index (χ0n) is 15.0. The van der Waals surface area contributed by atoms with Gasteiger partial charge in [-0.15, -0.1) is 0 Å². The average Bonchev–Trinajstić information content (AvgIpc) is 2.65. The lowest BCUT2D eigenvalue weighted by Crippen LogP contribution is -2.31. The molecular weight excluding hydrogens is 314 g/mol. The van der Waals surface area contributed by atoms with Crippen LogP contribution in [0.3, 0.4) is 0 Å². The van der Waals surface area contributed by atoms with Gasteiger partial charge in [0, 0.05) is 6.54 Å². The van der Waals surface area contributed by atoms with Crippen LogP contribution in [0.4, 0.5) is 0 Å². The van der Waals surface area contributed by atoms with Gasteiger partial charge in [-0.25, -0.2) is 0 Å². The Bertz CT molecular complexity index is 710. The van der Waals surface area contributed by atoms with E-state index in [1.165, 1.54) is 5.56 Å². The first-order valence-electron chi connectivity index (χ1n) is 8.39. The lowest BCUT2D eigenvalue weighted by molar-refractivity contribution is -0.123. The number of nitrogens with one attached hydrogen (secondary N) is 1. The van der Waals surface area contributed by atoms with Gasteiger partial charge in [-0.05, 0) is 36.1 Å². The molecule has 0 spiro atoms. The Labute approximate surface area is 149 Å². The second kappa shape index (κ2) is 9.52. The van der Waals surface area contributed by atoms with E-state index in [2.05, 4.69) is 24.4 Å². The lowest BCUT2D eigenvalue weighted by atomic mass is 10.0. The maximum absolute atomic E-state index is 12.0. The second-order valence-corrected chi connectivity index (χ2v) is 5.81. The van der Waals surface area contributed by atoms with Crippen LogP contribution in [0.15, 0.2) is 54.6 Å². The number of allylic oxidation sites excluding steroid dienone is 1. The highest BCUT2D eigenvalue weighted by molar-refractivity contribution is 5.77. The molecule has 0 heterocycles. The van der Waals surface area contributed by atoms with Crippen LogP contribution in [0.2, 0.25) is 0 Å². The number of carbonyl (C=O) groups excluding carboxylic acids is 1. The van der Waals surface area contributed by atoms with E-state index in [9.17, 15) is 4.79 Å². The second-order valence-electron chi connectivity index (χ2n) is 5.81. The normalized spacial score (nSPS) is 12.0. The molecule has 4 heteroatoms. The molecule has 1 N–H and O–H groups in total. The monoisotopic (exact) mass is 339 g/mol. The van der Waals surface area contributed by atoms with Crippen molar-refractivity contribution in [2.75, 3.05) is 20.3 Å². The van der Waals surface area contributed by atoms with Crippen molar-refractivity contribution in [3.8, 4) is 11.5 Å². The number of hydrogen-bond donors (Lipinski definition) is 1. The third-order valence-corrected chi connectivity index (χ3v) is 3.88. The number of ether oxygens (including phenoxy) is 2. The minimum atomic E-state index is -0.151. The van der Waals surface area contributed by atoms with Crippen LogP contribution < -0.4 is 14.8 Å². The van der Waals surface area contributed by atoms with Crippen LogP contribution >= 0.6 is 0 Å². The molecule has 1 atom stereocenters. The van der Waals surface area contributed by atoms with Gasteiger partial charge in [-0.2, -0.15) is 0 Å². The van der Waals surface area contributed by atoms with Gasteiger partial charge in [0.25, 0.3) is 5.91 Å². The number of amides is 1. The first kappa shape index (κ1) is 18.6. The summed E-state index contributed by atoms with van der Waals surface area (Å²) in [4.78, 5) is 12.0. The topological polar surface area (TPSA) is 47.6 Å². The zero-order valence-corrected chi connectivity index (χ0v) is 15.0. The van der Waals surface area contributed by atoms with Gasteiger partial charge < -0.3 is 14.8 Å². The molecule has 2 aromatic rings. The minimum absolute atomic E-state index is 0.0408. The number of hydrogen-bond acceptors (Lipinski definition) is 3. The molecule has 0 aliphatic carbocycles. The Hall–Kier alpha value is -2.75. The first-order valence-corrected chi connectivity index (χ1v) is 8.39. The highest BCUT2D eigenvalue weighted by Crippen LogP contribution is 2.28. The summed E-state index contributed by atoms with van der Waals surface area (Å²) in [6.45, 7) is 4.57. The molecule has 0 aliphatic heterocycles. The molecule has 1 amide bonds. The molecule has 0 bridgehead atoms. The molecule has 132 valence electrons. The molecule has 0 unspecified atom stereocenters. The molecule has 2 aromatic carbocycles. The third kappa shape index (κ3) is 5.68. The van der Waals surface area contributed by atoms with E-state index < -0.39 is 0 Å². The van der Waals surface area contributed by atoms with Gasteiger partial charge in [-0.3, -0.25) is 4.79 Å². The van der Waals surface area contributed by atoms with Crippen molar-refractivity contribution in [1.29, 1.82) is 0 Å². The molecule has 4 nitrogen and oxygen atoms in total. The van der Waals surface area contributed by atoms with Crippen molar-refractivity contribution in [2.24, 2.45) is 0 Å².